The lowest BCUT2D eigenvalue weighted by atomic mass is 10.2. The van der Waals surface area contributed by atoms with Crippen molar-refractivity contribution in [2.24, 2.45) is 0 Å². The Hall–Kier alpha value is -2.69. The predicted octanol–water partition coefficient (Wildman–Crippen LogP) is 3.78. The fraction of sp³-hybridized carbons (Fsp3) is 0.235. The molecule has 3 aromatic rings. The molecule has 1 aromatic carbocycles. The van der Waals surface area contributed by atoms with Gasteiger partial charge in [-0.25, -0.2) is 17.6 Å². The minimum atomic E-state index is -1.49. The number of aromatic nitrogens is 4. The van der Waals surface area contributed by atoms with Crippen LogP contribution in [0.5, 0.6) is 0 Å². The van der Waals surface area contributed by atoms with Crippen molar-refractivity contribution in [3.05, 3.63) is 63.5 Å². The van der Waals surface area contributed by atoms with Crippen molar-refractivity contribution in [1.82, 2.24) is 19.6 Å². The van der Waals surface area contributed by atoms with Gasteiger partial charge in [-0.2, -0.15) is 10.2 Å². The topological polar surface area (TPSA) is 64.7 Å². The molecule has 3 rings (SSSR count). The van der Waals surface area contributed by atoms with Crippen molar-refractivity contribution < 1.29 is 22.4 Å². The molecule has 0 fully saturated rings. The van der Waals surface area contributed by atoms with Crippen molar-refractivity contribution in [1.29, 1.82) is 0 Å². The van der Waals surface area contributed by atoms with Crippen LogP contribution in [-0.2, 0) is 17.9 Å². The highest BCUT2D eigenvalue weighted by Crippen LogP contribution is 2.20. The predicted molar refractivity (Wildman–Crippen MR) is 95.5 cm³/mol. The van der Waals surface area contributed by atoms with Gasteiger partial charge >= 0.3 is 0 Å². The fourth-order valence-corrected chi connectivity index (χ4v) is 2.79. The van der Waals surface area contributed by atoms with Gasteiger partial charge in [0.05, 0.1) is 22.3 Å². The van der Waals surface area contributed by atoms with E-state index in [0.717, 1.165) is 14.8 Å². The van der Waals surface area contributed by atoms with E-state index in [1.54, 1.807) is 10.9 Å². The molecule has 0 radical (unpaired) electrons. The molecule has 148 valence electrons. The number of hydrogen-bond acceptors (Lipinski definition) is 3. The maximum atomic E-state index is 13.7. The first-order valence-electron chi connectivity index (χ1n) is 8.09. The van der Waals surface area contributed by atoms with E-state index in [9.17, 15) is 22.4 Å². The second-order valence-corrected chi connectivity index (χ2v) is 6.82. The standard InChI is InChI=1S/C17H14BrF4N5O/c1-9-11(18)8-27(24-9)5-3-15(28)23-14-2-4-26(25-14)7-10-16(21)12(19)6-13(20)17(10)22/h2,4,6,8H,3,5,7H2,1H3,(H,23,25,28). The molecule has 0 atom stereocenters. The van der Waals surface area contributed by atoms with E-state index in [-0.39, 0.29) is 24.2 Å². The third kappa shape index (κ3) is 4.41. The van der Waals surface area contributed by atoms with E-state index in [1.165, 1.54) is 12.3 Å². The zero-order valence-electron chi connectivity index (χ0n) is 14.5. The smallest absolute Gasteiger partial charge is 0.227 e. The average molecular weight is 460 g/mol. The van der Waals surface area contributed by atoms with Crippen LogP contribution in [-0.4, -0.2) is 25.5 Å². The number of halogens is 5. The van der Waals surface area contributed by atoms with Crippen LogP contribution >= 0.6 is 15.9 Å². The number of nitrogens with one attached hydrogen (secondary N) is 1. The van der Waals surface area contributed by atoms with E-state index >= 15 is 0 Å². The highest BCUT2D eigenvalue weighted by atomic mass is 79.9. The Balaban J connectivity index is 1.62. The van der Waals surface area contributed by atoms with E-state index < -0.39 is 35.4 Å². The molecule has 0 saturated heterocycles. The quantitative estimate of drug-likeness (QED) is 0.450. The molecule has 0 aliphatic heterocycles. The summed E-state index contributed by atoms with van der Waals surface area (Å²) >= 11 is 3.33. The number of hydrogen-bond donors (Lipinski definition) is 1. The number of rotatable bonds is 6. The van der Waals surface area contributed by atoms with Crippen LogP contribution in [0, 0.1) is 30.2 Å². The highest BCUT2D eigenvalue weighted by Gasteiger charge is 2.19. The molecule has 28 heavy (non-hydrogen) atoms. The average Bonchev–Trinajstić information content (AvgIpc) is 3.21. The Bertz CT molecular complexity index is 987. The first-order valence-corrected chi connectivity index (χ1v) is 8.88. The molecule has 0 aliphatic carbocycles. The van der Waals surface area contributed by atoms with E-state index in [2.05, 4.69) is 31.4 Å². The Morgan fingerprint density at radius 3 is 2.43 bits per heavy atom. The van der Waals surface area contributed by atoms with Gasteiger partial charge in [-0.1, -0.05) is 0 Å². The van der Waals surface area contributed by atoms with Crippen LogP contribution in [0.1, 0.15) is 17.7 Å². The molecule has 2 aromatic heterocycles. The van der Waals surface area contributed by atoms with Crippen molar-refractivity contribution >= 4 is 27.7 Å². The summed E-state index contributed by atoms with van der Waals surface area (Å²) in [6.07, 6.45) is 3.20. The number of anilines is 1. The van der Waals surface area contributed by atoms with Crippen LogP contribution in [0.4, 0.5) is 23.4 Å². The van der Waals surface area contributed by atoms with Crippen molar-refractivity contribution in [2.45, 2.75) is 26.4 Å². The van der Waals surface area contributed by atoms with Gasteiger partial charge < -0.3 is 5.32 Å². The second-order valence-electron chi connectivity index (χ2n) is 5.97. The Kier molecular flexibility index (Phi) is 5.82. The van der Waals surface area contributed by atoms with Crippen molar-refractivity contribution in [3.8, 4) is 0 Å². The molecular formula is C17H14BrF4N5O. The normalized spacial score (nSPS) is 11.1. The first-order chi connectivity index (χ1) is 13.2. The summed E-state index contributed by atoms with van der Waals surface area (Å²) in [7, 11) is 0. The summed E-state index contributed by atoms with van der Waals surface area (Å²) in [5, 5.41) is 10.7. The van der Waals surface area contributed by atoms with Gasteiger partial charge in [0.2, 0.25) is 5.91 Å². The lowest BCUT2D eigenvalue weighted by molar-refractivity contribution is -0.116. The summed E-state index contributed by atoms with van der Waals surface area (Å²) in [6, 6.07) is 1.54. The second kappa shape index (κ2) is 8.13. The number of amides is 1. The zero-order chi connectivity index (χ0) is 20.4. The number of carbonyl (C=O) groups is 1. The minimum Gasteiger partial charge on any atom is -0.309 e. The summed E-state index contributed by atoms with van der Waals surface area (Å²) in [5.74, 6) is -6.16. The largest absolute Gasteiger partial charge is 0.309 e. The SMILES string of the molecule is Cc1nn(CCC(=O)Nc2ccn(Cc3c(F)c(F)cc(F)c3F)n2)cc1Br. The maximum Gasteiger partial charge on any atom is 0.227 e. The summed E-state index contributed by atoms with van der Waals surface area (Å²) < 4.78 is 57.5. The highest BCUT2D eigenvalue weighted by molar-refractivity contribution is 9.10. The molecule has 0 unspecified atom stereocenters. The Morgan fingerprint density at radius 1 is 1.14 bits per heavy atom. The van der Waals surface area contributed by atoms with Gasteiger partial charge in [0, 0.05) is 37.5 Å². The van der Waals surface area contributed by atoms with Crippen LogP contribution in [0.2, 0.25) is 0 Å². The van der Waals surface area contributed by atoms with E-state index in [0.29, 0.717) is 6.54 Å². The molecule has 11 heteroatoms. The lowest BCUT2D eigenvalue weighted by Crippen LogP contribution is -2.15. The van der Waals surface area contributed by atoms with Gasteiger partial charge in [0.1, 0.15) is 0 Å². The maximum absolute atomic E-state index is 13.7. The van der Waals surface area contributed by atoms with E-state index in [4.69, 9.17) is 0 Å². The molecule has 1 N–H and O–H groups in total. The minimum absolute atomic E-state index is 0.124. The summed E-state index contributed by atoms with van der Waals surface area (Å²) in [4.78, 5) is 12.0. The fourth-order valence-electron chi connectivity index (χ4n) is 2.47. The van der Waals surface area contributed by atoms with Crippen LogP contribution in [0.25, 0.3) is 0 Å². The van der Waals surface area contributed by atoms with Gasteiger partial charge in [-0.15, -0.1) is 0 Å². The molecule has 0 bridgehead atoms. The molecule has 0 spiro atoms. The van der Waals surface area contributed by atoms with Crippen LogP contribution in [0.15, 0.2) is 29.0 Å². The van der Waals surface area contributed by atoms with E-state index in [1.807, 2.05) is 6.92 Å². The van der Waals surface area contributed by atoms with Gasteiger partial charge in [-0.05, 0) is 22.9 Å². The Labute approximate surface area is 165 Å². The third-order valence-corrected chi connectivity index (χ3v) is 4.66. The summed E-state index contributed by atoms with van der Waals surface area (Å²) in [6.45, 7) is 1.63. The number of carbonyl (C=O) groups excluding carboxylic acids is 1. The molecule has 2 heterocycles. The molecule has 1 amide bonds. The van der Waals surface area contributed by atoms with Crippen LogP contribution in [0.3, 0.4) is 0 Å². The number of nitrogens with zero attached hydrogens (tertiary/aromatic N) is 4. The zero-order valence-corrected chi connectivity index (χ0v) is 16.1. The van der Waals surface area contributed by atoms with Crippen molar-refractivity contribution in [3.63, 3.8) is 0 Å². The summed E-state index contributed by atoms with van der Waals surface area (Å²) in [5.41, 5.74) is 0.00510. The molecule has 6 nitrogen and oxygen atoms in total. The molecular weight excluding hydrogens is 446 g/mol. The van der Waals surface area contributed by atoms with Gasteiger partial charge in [0.25, 0.3) is 0 Å². The van der Waals surface area contributed by atoms with Gasteiger partial charge in [0.15, 0.2) is 29.1 Å². The lowest BCUT2D eigenvalue weighted by Gasteiger charge is -2.07. The number of aryl methyl sites for hydroxylation is 2. The van der Waals surface area contributed by atoms with Crippen LogP contribution < -0.4 is 5.32 Å². The Morgan fingerprint density at radius 2 is 1.82 bits per heavy atom. The first kappa shape index (κ1) is 20.1. The monoisotopic (exact) mass is 459 g/mol. The molecule has 0 saturated carbocycles. The number of benzene rings is 1. The third-order valence-electron chi connectivity index (χ3n) is 3.89. The molecule has 0 aliphatic rings. The van der Waals surface area contributed by atoms with Crippen molar-refractivity contribution in [2.75, 3.05) is 5.32 Å². The van der Waals surface area contributed by atoms with Gasteiger partial charge in [-0.3, -0.25) is 14.2 Å².